The summed E-state index contributed by atoms with van der Waals surface area (Å²) in [5, 5.41) is 5.45. The highest BCUT2D eigenvalue weighted by atomic mass is 35.5. The Morgan fingerprint density at radius 2 is 2.22 bits per heavy atom. The van der Waals surface area contributed by atoms with Gasteiger partial charge in [-0.25, -0.2) is 9.97 Å². The standard InChI is InChI=1S/C12H17ClN4S/c1-4-8(2)6-18-7-10-15-11(13)9-5-14-17(3)12(9)16-10/h5,8H,4,6-7H2,1-3H3. The second-order valence-corrected chi connectivity index (χ2v) is 5.85. The van der Waals surface area contributed by atoms with Gasteiger partial charge in [0.15, 0.2) is 5.65 Å². The SMILES string of the molecule is CCC(C)CSCc1nc(Cl)c2cnn(C)c2n1. The minimum absolute atomic E-state index is 0.493. The summed E-state index contributed by atoms with van der Waals surface area (Å²) in [5.74, 6) is 3.43. The molecule has 0 spiro atoms. The Morgan fingerprint density at radius 3 is 2.94 bits per heavy atom. The molecule has 98 valence electrons. The number of thioether (sulfide) groups is 1. The first-order valence-corrected chi connectivity index (χ1v) is 7.57. The van der Waals surface area contributed by atoms with E-state index < -0.39 is 0 Å². The van der Waals surface area contributed by atoms with Crippen LogP contribution in [0.3, 0.4) is 0 Å². The second-order valence-electron chi connectivity index (χ2n) is 4.46. The highest BCUT2D eigenvalue weighted by molar-refractivity contribution is 7.98. The Hall–Kier alpha value is -0.810. The van der Waals surface area contributed by atoms with E-state index in [4.69, 9.17) is 11.6 Å². The molecule has 0 radical (unpaired) electrons. The van der Waals surface area contributed by atoms with E-state index in [1.165, 1.54) is 6.42 Å². The smallest absolute Gasteiger partial charge is 0.162 e. The zero-order chi connectivity index (χ0) is 13.1. The lowest BCUT2D eigenvalue weighted by Gasteiger charge is -2.07. The lowest BCUT2D eigenvalue weighted by molar-refractivity contribution is 0.636. The third kappa shape index (κ3) is 2.95. The predicted octanol–water partition coefficient (Wildman–Crippen LogP) is 3.30. The van der Waals surface area contributed by atoms with E-state index in [2.05, 4.69) is 28.9 Å². The van der Waals surface area contributed by atoms with Crippen molar-refractivity contribution >= 4 is 34.4 Å². The molecule has 0 amide bonds. The van der Waals surface area contributed by atoms with Crippen LogP contribution in [-0.4, -0.2) is 25.5 Å². The molecule has 18 heavy (non-hydrogen) atoms. The second kappa shape index (κ2) is 5.89. The minimum atomic E-state index is 0.493. The molecule has 1 atom stereocenters. The summed E-state index contributed by atoms with van der Waals surface area (Å²) in [6, 6.07) is 0. The molecule has 0 aliphatic heterocycles. The third-order valence-electron chi connectivity index (χ3n) is 2.92. The van der Waals surface area contributed by atoms with Gasteiger partial charge in [0.2, 0.25) is 0 Å². The van der Waals surface area contributed by atoms with Crippen LogP contribution in [0, 0.1) is 5.92 Å². The molecule has 4 nitrogen and oxygen atoms in total. The van der Waals surface area contributed by atoms with Gasteiger partial charge in [0.25, 0.3) is 0 Å². The van der Waals surface area contributed by atoms with E-state index >= 15 is 0 Å². The fourth-order valence-corrected chi connectivity index (χ4v) is 2.86. The number of fused-ring (bicyclic) bond motifs is 1. The molecule has 2 heterocycles. The first kappa shape index (κ1) is 13.6. The van der Waals surface area contributed by atoms with Gasteiger partial charge in [-0.05, 0) is 11.7 Å². The molecular weight excluding hydrogens is 268 g/mol. The Morgan fingerprint density at radius 1 is 1.44 bits per heavy atom. The summed E-state index contributed by atoms with van der Waals surface area (Å²) in [5.41, 5.74) is 0.800. The molecule has 6 heteroatoms. The van der Waals surface area contributed by atoms with Crippen LogP contribution in [0.25, 0.3) is 11.0 Å². The Bertz CT molecular complexity index is 540. The van der Waals surface area contributed by atoms with Crippen LogP contribution in [0.1, 0.15) is 26.1 Å². The highest BCUT2D eigenvalue weighted by Crippen LogP contribution is 2.22. The normalized spacial score (nSPS) is 13.1. The van der Waals surface area contributed by atoms with Gasteiger partial charge in [0.1, 0.15) is 11.0 Å². The minimum Gasteiger partial charge on any atom is -0.250 e. The van der Waals surface area contributed by atoms with E-state index in [0.29, 0.717) is 5.15 Å². The molecule has 0 aromatic carbocycles. The van der Waals surface area contributed by atoms with Gasteiger partial charge in [0.05, 0.1) is 17.3 Å². The number of hydrogen-bond acceptors (Lipinski definition) is 4. The summed E-state index contributed by atoms with van der Waals surface area (Å²) in [6.07, 6.45) is 2.91. The van der Waals surface area contributed by atoms with Crippen molar-refractivity contribution in [2.45, 2.75) is 26.0 Å². The summed E-state index contributed by atoms with van der Waals surface area (Å²) >= 11 is 7.98. The number of aromatic nitrogens is 4. The summed E-state index contributed by atoms with van der Waals surface area (Å²) < 4.78 is 1.73. The molecule has 0 aliphatic rings. The van der Waals surface area contributed by atoms with Gasteiger partial charge in [-0.1, -0.05) is 31.9 Å². The first-order valence-electron chi connectivity index (χ1n) is 6.03. The molecule has 1 unspecified atom stereocenters. The quantitative estimate of drug-likeness (QED) is 0.790. The van der Waals surface area contributed by atoms with Gasteiger partial charge in [-0.3, -0.25) is 4.68 Å². The molecule has 2 aromatic heterocycles. The van der Waals surface area contributed by atoms with Crippen molar-refractivity contribution in [2.75, 3.05) is 5.75 Å². The molecule has 2 aromatic rings. The van der Waals surface area contributed by atoms with E-state index in [9.17, 15) is 0 Å². The first-order chi connectivity index (χ1) is 8.61. The van der Waals surface area contributed by atoms with Crippen molar-refractivity contribution in [2.24, 2.45) is 13.0 Å². The predicted molar refractivity (Wildman–Crippen MR) is 76.9 cm³/mol. The molecule has 0 aliphatic carbocycles. The lowest BCUT2D eigenvalue weighted by atomic mass is 10.2. The molecule has 0 fully saturated rings. The van der Waals surface area contributed by atoms with Crippen molar-refractivity contribution in [3.05, 3.63) is 17.2 Å². The summed E-state index contributed by atoms with van der Waals surface area (Å²) in [7, 11) is 1.86. The largest absolute Gasteiger partial charge is 0.250 e. The zero-order valence-electron chi connectivity index (χ0n) is 10.9. The van der Waals surface area contributed by atoms with Crippen LogP contribution >= 0.6 is 23.4 Å². The fraction of sp³-hybridized carbons (Fsp3) is 0.583. The van der Waals surface area contributed by atoms with Gasteiger partial charge in [-0.15, -0.1) is 0 Å². The molecule has 0 saturated heterocycles. The Labute approximate surface area is 116 Å². The van der Waals surface area contributed by atoms with Crippen molar-refractivity contribution < 1.29 is 0 Å². The fourth-order valence-electron chi connectivity index (χ4n) is 1.56. The van der Waals surface area contributed by atoms with Gasteiger partial charge in [0, 0.05) is 7.05 Å². The number of hydrogen-bond donors (Lipinski definition) is 0. The van der Waals surface area contributed by atoms with Crippen molar-refractivity contribution in [3.8, 4) is 0 Å². The van der Waals surface area contributed by atoms with Gasteiger partial charge in [-0.2, -0.15) is 16.9 Å². The molecular formula is C12H17ClN4S. The van der Waals surface area contributed by atoms with E-state index in [-0.39, 0.29) is 0 Å². The van der Waals surface area contributed by atoms with Gasteiger partial charge >= 0.3 is 0 Å². The lowest BCUT2D eigenvalue weighted by Crippen LogP contribution is -2.00. The van der Waals surface area contributed by atoms with Crippen molar-refractivity contribution in [1.82, 2.24) is 19.7 Å². The zero-order valence-corrected chi connectivity index (χ0v) is 12.4. The summed E-state index contributed by atoms with van der Waals surface area (Å²) in [4.78, 5) is 8.82. The Kier molecular flexibility index (Phi) is 4.45. The van der Waals surface area contributed by atoms with Crippen LogP contribution in [0.4, 0.5) is 0 Å². The molecule has 0 bridgehead atoms. The monoisotopic (exact) mass is 284 g/mol. The number of aryl methyl sites for hydroxylation is 1. The average Bonchev–Trinajstić information content (AvgIpc) is 2.72. The van der Waals surface area contributed by atoms with Crippen LogP contribution in [0.15, 0.2) is 6.20 Å². The average molecular weight is 285 g/mol. The van der Waals surface area contributed by atoms with Crippen LogP contribution in [0.5, 0.6) is 0 Å². The maximum Gasteiger partial charge on any atom is 0.162 e. The number of nitrogens with zero attached hydrogens (tertiary/aromatic N) is 4. The molecule has 0 saturated carbocycles. The van der Waals surface area contributed by atoms with E-state index in [0.717, 1.165) is 34.3 Å². The topological polar surface area (TPSA) is 43.6 Å². The van der Waals surface area contributed by atoms with E-state index in [1.54, 1.807) is 10.9 Å². The number of halogens is 1. The summed E-state index contributed by atoms with van der Waals surface area (Å²) in [6.45, 7) is 4.46. The third-order valence-corrected chi connectivity index (χ3v) is 4.48. The van der Waals surface area contributed by atoms with Crippen LogP contribution in [-0.2, 0) is 12.8 Å². The molecule has 2 rings (SSSR count). The van der Waals surface area contributed by atoms with Gasteiger partial charge < -0.3 is 0 Å². The van der Waals surface area contributed by atoms with E-state index in [1.807, 2.05) is 18.8 Å². The molecule has 0 N–H and O–H groups in total. The van der Waals surface area contributed by atoms with Crippen molar-refractivity contribution in [3.63, 3.8) is 0 Å². The number of rotatable bonds is 5. The maximum atomic E-state index is 6.13. The maximum absolute atomic E-state index is 6.13. The van der Waals surface area contributed by atoms with Crippen LogP contribution in [0.2, 0.25) is 5.15 Å². The Balaban J connectivity index is 2.11. The highest BCUT2D eigenvalue weighted by Gasteiger charge is 2.10. The van der Waals surface area contributed by atoms with Crippen molar-refractivity contribution in [1.29, 1.82) is 0 Å². The van der Waals surface area contributed by atoms with Crippen LogP contribution < -0.4 is 0 Å².